The molecule has 0 radical (unpaired) electrons. The number of pyridine rings is 1. The number of halogens is 1. The molecule has 0 aliphatic carbocycles. The maximum Gasteiger partial charge on any atom is 0.150 e. The maximum absolute atomic E-state index is 14.0. The highest BCUT2D eigenvalue weighted by Gasteiger charge is 2.06. The third-order valence-corrected chi connectivity index (χ3v) is 2.90. The van der Waals surface area contributed by atoms with Crippen LogP contribution in [0.2, 0.25) is 0 Å². The van der Waals surface area contributed by atoms with Crippen molar-refractivity contribution >= 4 is 5.69 Å². The van der Waals surface area contributed by atoms with E-state index >= 15 is 0 Å². The van der Waals surface area contributed by atoms with Crippen LogP contribution in [0.5, 0.6) is 5.75 Å². The van der Waals surface area contributed by atoms with E-state index < -0.39 is 5.82 Å². The van der Waals surface area contributed by atoms with Gasteiger partial charge in [-0.2, -0.15) is 5.10 Å². The molecule has 2 heterocycles. The lowest BCUT2D eigenvalue weighted by Crippen LogP contribution is -2.03. The third-order valence-electron chi connectivity index (χ3n) is 2.90. The molecule has 0 amide bonds. The highest BCUT2D eigenvalue weighted by atomic mass is 19.1. The van der Waals surface area contributed by atoms with Gasteiger partial charge < -0.3 is 10.4 Å². The lowest BCUT2D eigenvalue weighted by molar-refractivity contribution is 0.472. The van der Waals surface area contributed by atoms with E-state index in [2.05, 4.69) is 20.4 Å². The van der Waals surface area contributed by atoms with Gasteiger partial charge in [-0.25, -0.2) is 14.1 Å². The predicted molar refractivity (Wildman–Crippen MR) is 74.5 cm³/mol. The molecule has 2 N–H and O–H groups in total. The number of aromatic nitrogens is 4. The molecule has 106 valence electrons. The Kier molecular flexibility index (Phi) is 3.46. The zero-order valence-corrected chi connectivity index (χ0v) is 10.9. The average molecular weight is 285 g/mol. The summed E-state index contributed by atoms with van der Waals surface area (Å²) in [4.78, 5) is 7.83. The molecule has 6 nitrogen and oxygen atoms in total. The minimum atomic E-state index is -0.399. The monoisotopic (exact) mass is 285 g/mol. The van der Waals surface area contributed by atoms with Crippen LogP contribution in [-0.4, -0.2) is 24.9 Å². The Morgan fingerprint density at radius 2 is 2.14 bits per heavy atom. The molecule has 3 rings (SSSR count). The van der Waals surface area contributed by atoms with Crippen LogP contribution in [0, 0.1) is 5.82 Å². The van der Waals surface area contributed by atoms with Crippen molar-refractivity contribution in [3.63, 3.8) is 0 Å². The fourth-order valence-corrected chi connectivity index (χ4v) is 1.85. The van der Waals surface area contributed by atoms with Crippen LogP contribution in [0.3, 0.4) is 0 Å². The van der Waals surface area contributed by atoms with Gasteiger partial charge in [0, 0.05) is 5.69 Å². The Morgan fingerprint density at radius 1 is 1.24 bits per heavy atom. The van der Waals surface area contributed by atoms with E-state index in [0.717, 1.165) is 5.69 Å². The van der Waals surface area contributed by atoms with E-state index in [9.17, 15) is 4.39 Å². The number of aromatic hydroxyl groups is 1. The van der Waals surface area contributed by atoms with Crippen molar-refractivity contribution in [2.75, 3.05) is 5.32 Å². The van der Waals surface area contributed by atoms with Gasteiger partial charge >= 0.3 is 0 Å². The first-order chi connectivity index (χ1) is 10.2. The standard InChI is InChI=1S/C14H12FN5O/c15-13-5-10(2-4-14(13)20-9-16-8-19-20)17-6-11-1-3-12(21)7-18-11/h1-5,7-9,17,21H,6H2. The van der Waals surface area contributed by atoms with E-state index in [1.807, 2.05) is 0 Å². The SMILES string of the molecule is Oc1ccc(CNc2ccc(-n3cncn3)c(F)c2)nc1. The van der Waals surface area contributed by atoms with E-state index in [-0.39, 0.29) is 5.75 Å². The van der Waals surface area contributed by atoms with Crippen molar-refractivity contribution < 1.29 is 9.50 Å². The highest BCUT2D eigenvalue weighted by Crippen LogP contribution is 2.18. The van der Waals surface area contributed by atoms with Gasteiger partial charge in [-0.05, 0) is 30.3 Å². The summed E-state index contributed by atoms with van der Waals surface area (Å²) in [7, 11) is 0. The number of rotatable bonds is 4. The molecule has 0 spiro atoms. The smallest absolute Gasteiger partial charge is 0.150 e. The molecule has 21 heavy (non-hydrogen) atoms. The first kappa shape index (κ1) is 13.0. The zero-order valence-electron chi connectivity index (χ0n) is 10.9. The Hall–Kier alpha value is -2.96. The van der Waals surface area contributed by atoms with Gasteiger partial charge in [0.15, 0.2) is 5.82 Å². The Morgan fingerprint density at radius 3 is 2.81 bits per heavy atom. The highest BCUT2D eigenvalue weighted by molar-refractivity contribution is 5.49. The molecule has 1 aromatic carbocycles. The van der Waals surface area contributed by atoms with Gasteiger partial charge in [-0.3, -0.25) is 4.98 Å². The minimum Gasteiger partial charge on any atom is -0.506 e. The van der Waals surface area contributed by atoms with Crippen molar-refractivity contribution in [1.29, 1.82) is 0 Å². The van der Waals surface area contributed by atoms with Gasteiger partial charge in [0.05, 0.1) is 18.4 Å². The lowest BCUT2D eigenvalue weighted by Gasteiger charge is -2.08. The van der Waals surface area contributed by atoms with E-state index in [4.69, 9.17) is 5.11 Å². The molecule has 0 unspecified atom stereocenters. The second-order valence-electron chi connectivity index (χ2n) is 4.37. The summed E-state index contributed by atoms with van der Waals surface area (Å²) in [5, 5.41) is 16.1. The maximum atomic E-state index is 14.0. The van der Waals surface area contributed by atoms with Crippen LogP contribution in [0.15, 0.2) is 49.2 Å². The van der Waals surface area contributed by atoms with Crippen LogP contribution in [0.25, 0.3) is 5.69 Å². The molecule has 0 saturated carbocycles. The first-order valence-corrected chi connectivity index (χ1v) is 6.25. The number of benzene rings is 1. The fraction of sp³-hybridized carbons (Fsp3) is 0.0714. The molecule has 3 aromatic rings. The van der Waals surface area contributed by atoms with E-state index in [1.54, 1.807) is 24.3 Å². The van der Waals surface area contributed by atoms with E-state index in [1.165, 1.54) is 29.6 Å². The van der Waals surface area contributed by atoms with Gasteiger partial charge in [0.2, 0.25) is 0 Å². The summed E-state index contributed by atoms with van der Waals surface area (Å²) >= 11 is 0. The van der Waals surface area contributed by atoms with Crippen molar-refractivity contribution in [3.8, 4) is 11.4 Å². The summed E-state index contributed by atoms with van der Waals surface area (Å²) in [5.74, 6) is -0.286. The first-order valence-electron chi connectivity index (χ1n) is 6.25. The van der Waals surface area contributed by atoms with E-state index in [0.29, 0.717) is 17.9 Å². The molecular weight excluding hydrogens is 273 g/mol. The quantitative estimate of drug-likeness (QED) is 0.768. The van der Waals surface area contributed by atoms with Crippen molar-refractivity contribution in [2.45, 2.75) is 6.54 Å². The molecule has 0 fully saturated rings. The largest absolute Gasteiger partial charge is 0.506 e. The summed E-state index contributed by atoms with van der Waals surface area (Å²) in [6.07, 6.45) is 4.15. The predicted octanol–water partition coefficient (Wildman–Crippen LogP) is 2.12. The fourth-order valence-electron chi connectivity index (χ4n) is 1.85. The molecule has 0 bridgehead atoms. The van der Waals surface area contributed by atoms with Gasteiger partial charge in [0.1, 0.15) is 24.1 Å². The Labute approximate surface area is 119 Å². The number of nitrogens with one attached hydrogen (secondary N) is 1. The van der Waals surface area contributed by atoms with Gasteiger partial charge in [-0.1, -0.05) is 0 Å². The average Bonchev–Trinajstić information content (AvgIpc) is 3.01. The summed E-state index contributed by atoms with van der Waals surface area (Å²) in [5.41, 5.74) is 1.71. The Balaban J connectivity index is 1.72. The third kappa shape index (κ3) is 2.97. The van der Waals surface area contributed by atoms with Crippen molar-refractivity contribution in [3.05, 3.63) is 60.7 Å². The number of hydrogen-bond acceptors (Lipinski definition) is 5. The summed E-state index contributed by atoms with van der Waals surface area (Å²) in [6, 6.07) is 8.01. The van der Waals surface area contributed by atoms with Gasteiger partial charge in [0.25, 0.3) is 0 Å². The van der Waals surface area contributed by atoms with Gasteiger partial charge in [-0.15, -0.1) is 0 Å². The van der Waals surface area contributed by atoms with Crippen LogP contribution in [0.1, 0.15) is 5.69 Å². The summed E-state index contributed by atoms with van der Waals surface area (Å²) < 4.78 is 15.4. The molecule has 0 saturated heterocycles. The van der Waals surface area contributed by atoms with Crippen LogP contribution in [0.4, 0.5) is 10.1 Å². The van der Waals surface area contributed by atoms with Crippen molar-refractivity contribution in [1.82, 2.24) is 19.7 Å². The molecule has 0 aliphatic rings. The summed E-state index contributed by atoms with van der Waals surface area (Å²) in [6.45, 7) is 0.433. The molecule has 0 aliphatic heterocycles. The molecule has 0 atom stereocenters. The lowest BCUT2D eigenvalue weighted by atomic mass is 10.2. The number of nitrogens with zero attached hydrogens (tertiary/aromatic N) is 4. The second kappa shape index (κ2) is 5.58. The molecule has 7 heteroatoms. The number of hydrogen-bond donors (Lipinski definition) is 2. The van der Waals surface area contributed by atoms with Crippen molar-refractivity contribution in [2.24, 2.45) is 0 Å². The minimum absolute atomic E-state index is 0.113. The Bertz CT molecular complexity index is 728. The topological polar surface area (TPSA) is 75.9 Å². The second-order valence-corrected chi connectivity index (χ2v) is 4.37. The van der Waals surface area contributed by atoms with Crippen LogP contribution in [-0.2, 0) is 6.54 Å². The number of anilines is 1. The molecule has 2 aromatic heterocycles. The molecular formula is C14H12FN5O. The normalized spacial score (nSPS) is 10.5. The van der Waals surface area contributed by atoms with Crippen LogP contribution >= 0.6 is 0 Å². The van der Waals surface area contributed by atoms with Crippen LogP contribution < -0.4 is 5.32 Å². The zero-order chi connectivity index (χ0) is 14.7.